The number of benzene rings is 2. The van der Waals surface area contributed by atoms with Crippen molar-refractivity contribution in [3.05, 3.63) is 74.6 Å². The molecule has 0 amide bonds. The van der Waals surface area contributed by atoms with Crippen molar-refractivity contribution in [2.45, 2.75) is 6.92 Å². The zero-order chi connectivity index (χ0) is 17.0. The summed E-state index contributed by atoms with van der Waals surface area (Å²) in [7, 11) is -4.07. The zero-order valence-corrected chi connectivity index (χ0v) is 17.4. The molecule has 0 heterocycles. The summed E-state index contributed by atoms with van der Waals surface area (Å²) in [5.41, 5.74) is 1.25. The number of halogens is 2. The Hall–Kier alpha value is -0.820. The third kappa shape index (κ3) is 5.92. The van der Waals surface area contributed by atoms with Gasteiger partial charge in [-0.05, 0) is 47.9 Å². The topological polar surface area (TPSA) is 69.6 Å². The van der Waals surface area contributed by atoms with Crippen molar-refractivity contribution in [2.75, 3.05) is 0 Å². The van der Waals surface area contributed by atoms with E-state index in [0.29, 0.717) is 21.2 Å². The number of hydrogen-bond acceptors (Lipinski definition) is 3. The summed E-state index contributed by atoms with van der Waals surface area (Å²) in [6, 6.07) is 11.2. The van der Waals surface area contributed by atoms with E-state index in [1.165, 1.54) is 18.2 Å². The zero-order valence-electron chi connectivity index (χ0n) is 13.0. The Balaban J connectivity index is 0.00000288. The van der Waals surface area contributed by atoms with Crippen molar-refractivity contribution in [1.82, 2.24) is 0 Å². The van der Waals surface area contributed by atoms with Gasteiger partial charge in [0.1, 0.15) is 0 Å². The molecule has 0 bridgehead atoms. The van der Waals surface area contributed by atoms with Gasteiger partial charge >= 0.3 is 29.6 Å². The van der Waals surface area contributed by atoms with Gasteiger partial charge in [-0.1, -0.05) is 47.5 Å². The molecule has 0 aromatic heterocycles. The van der Waals surface area contributed by atoms with E-state index >= 15 is 0 Å². The van der Waals surface area contributed by atoms with Crippen molar-refractivity contribution in [3.63, 3.8) is 0 Å². The molecule has 2 aromatic rings. The van der Waals surface area contributed by atoms with E-state index in [-0.39, 0.29) is 35.1 Å². The standard InChI is InChI=1S/C16H13Cl2NO3S.Na/c1-11-10-13(17)6-7-14(11)16(20)19-23(21,22)9-8-12-4-2-3-5-15(12)18;/h2-10H,1H3,(H,19,20);/q;+1/p-1/b9-8+;. The van der Waals surface area contributed by atoms with Crippen molar-refractivity contribution in [2.24, 2.45) is 4.40 Å². The van der Waals surface area contributed by atoms with Crippen LogP contribution in [0.25, 0.3) is 6.08 Å². The number of sulfonamides is 1. The molecular formula is C16H12Cl2NNaO3S. The number of nitrogens with zero attached hydrogens (tertiary/aromatic N) is 1. The molecule has 2 rings (SSSR count). The third-order valence-electron chi connectivity index (χ3n) is 2.95. The number of rotatable bonds is 4. The van der Waals surface area contributed by atoms with Gasteiger partial charge in [0.25, 0.3) is 10.0 Å². The Morgan fingerprint density at radius 3 is 2.46 bits per heavy atom. The molecular weight excluding hydrogens is 380 g/mol. The summed E-state index contributed by atoms with van der Waals surface area (Å²) in [5.74, 6) is -0.844. The largest absolute Gasteiger partial charge is 1.00 e. The van der Waals surface area contributed by atoms with E-state index < -0.39 is 15.9 Å². The Kier molecular flexibility index (Phi) is 7.99. The second kappa shape index (κ2) is 9.04. The van der Waals surface area contributed by atoms with Gasteiger partial charge in [0, 0.05) is 15.9 Å². The molecule has 8 heteroatoms. The minimum Gasteiger partial charge on any atom is -0.858 e. The molecule has 0 aliphatic heterocycles. The van der Waals surface area contributed by atoms with Gasteiger partial charge < -0.3 is 5.11 Å². The van der Waals surface area contributed by atoms with Crippen LogP contribution < -0.4 is 34.7 Å². The Morgan fingerprint density at radius 1 is 1.17 bits per heavy atom. The van der Waals surface area contributed by atoms with Gasteiger partial charge in [0.2, 0.25) is 0 Å². The fraction of sp³-hybridized carbons (Fsp3) is 0.0625. The van der Waals surface area contributed by atoms with Crippen molar-refractivity contribution in [3.8, 4) is 0 Å². The molecule has 0 aliphatic rings. The number of hydrogen-bond donors (Lipinski definition) is 0. The molecule has 0 atom stereocenters. The molecule has 0 unspecified atom stereocenters. The van der Waals surface area contributed by atoms with Gasteiger partial charge in [-0.25, -0.2) is 0 Å². The monoisotopic (exact) mass is 391 g/mol. The van der Waals surface area contributed by atoms with E-state index in [2.05, 4.69) is 4.40 Å². The quantitative estimate of drug-likeness (QED) is 0.430. The van der Waals surface area contributed by atoms with Crippen molar-refractivity contribution in [1.29, 1.82) is 0 Å². The summed E-state index contributed by atoms with van der Waals surface area (Å²) in [6.45, 7) is 1.65. The first-order valence-corrected chi connectivity index (χ1v) is 8.75. The first-order chi connectivity index (χ1) is 10.8. The molecule has 0 radical (unpaired) electrons. The van der Waals surface area contributed by atoms with Gasteiger partial charge in [0.05, 0.1) is 5.41 Å². The summed E-state index contributed by atoms with van der Waals surface area (Å²) in [6.07, 6.45) is 1.29. The SMILES string of the molecule is Cc1cc(Cl)ccc1/C([O-])=N/S(=O)(=O)/C=C/c1ccccc1Cl.[Na+]. The van der Waals surface area contributed by atoms with Gasteiger partial charge in [-0.2, -0.15) is 12.8 Å². The Morgan fingerprint density at radius 2 is 1.83 bits per heavy atom. The smallest absolute Gasteiger partial charge is 0.858 e. The summed E-state index contributed by atoms with van der Waals surface area (Å²) >= 11 is 11.7. The van der Waals surface area contributed by atoms with Crippen LogP contribution in [0.2, 0.25) is 10.0 Å². The average Bonchev–Trinajstić information content (AvgIpc) is 2.45. The summed E-state index contributed by atoms with van der Waals surface area (Å²) in [5, 5.41) is 13.7. The molecule has 0 saturated heterocycles. The summed E-state index contributed by atoms with van der Waals surface area (Å²) < 4.78 is 27.1. The first-order valence-electron chi connectivity index (χ1n) is 6.49. The van der Waals surface area contributed by atoms with Crippen LogP contribution in [0.3, 0.4) is 0 Å². The van der Waals surface area contributed by atoms with Crippen molar-refractivity contribution < 1.29 is 43.1 Å². The van der Waals surface area contributed by atoms with E-state index in [0.717, 1.165) is 5.41 Å². The van der Waals surface area contributed by atoms with Crippen LogP contribution in [-0.4, -0.2) is 14.3 Å². The normalized spacial score (nSPS) is 12.2. The molecule has 0 saturated carbocycles. The molecule has 4 nitrogen and oxygen atoms in total. The van der Waals surface area contributed by atoms with Crippen LogP contribution in [0, 0.1) is 6.92 Å². The van der Waals surface area contributed by atoms with Crippen molar-refractivity contribution >= 4 is 45.2 Å². The minimum atomic E-state index is -4.07. The van der Waals surface area contributed by atoms with Gasteiger partial charge in [0.15, 0.2) is 0 Å². The van der Waals surface area contributed by atoms with Crippen LogP contribution in [0.4, 0.5) is 0 Å². The molecule has 0 fully saturated rings. The molecule has 0 N–H and O–H groups in total. The molecule has 24 heavy (non-hydrogen) atoms. The van der Waals surface area contributed by atoms with E-state index in [1.54, 1.807) is 37.3 Å². The number of aryl methyl sites for hydroxylation is 1. The predicted octanol–water partition coefficient (Wildman–Crippen LogP) is 0.413. The Labute approximate surface area is 173 Å². The van der Waals surface area contributed by atoms with Crippen LogP contribution in [-0.2, 0) is 10.0 Å². The van der Waals surface area contributed by atoms with Gasteiger partial charge in [-0.15, -0.1) is 0 Å². The van der Waals surface area contributed by atoms with Crippen LogP contribution in [0.5, 0.6) is 0 Å². The molecule has 0 aliphatic carbocycles. The predicted molar refractivity (Wildman–Crippen MR) is 92.1 cm³/mol. The Bertz CT molecular complexity index is 896. The minimum absolute atomic E-state index is 0. The summed E-state index contributed by atoms with van der Waals surface area (Å²) in [4.78, 5) is 0. The fourth-order valence-electron chi connectivity index (χ4n) is 1.83. The van der Waals surface area contributed by atoms with Gasteiger partial charge in [-0.3, -0.25) is 0 Å². The van der Waals surface area contributed by atoms with Crippen LogP contribution >= 0.6 is 23.2 Å². The molecule has 120 valence electrons. The van der Waals surface area contributed by atoms with Crippen LogP contribution in [0.15, 0.2) is 52.3 Å². The van der Waals surface area contributed by atoms with E-state index in [4.69, 9.17) is 23.2 Å². The maximum atomic E-state index is 12.0. The third-order valence-corrected chi connectivity index (χ3v) is 4.43. The first kappa shape index (κ1) is 21.2. The molecule has 0 spiro atoms. The molecule has 2 aromatic carbocycles. The second-order valence-corrected chi connectivity index (χ2v) is 7.02. The van der Waals surface area contributed by atoms with Crippen LogP contribution in [0.1, 0.15) is 16.7 Å². The maximum Gasteiger partial charge on any atom is 1.00 e. The second-order valence-electron chi connectivity index (χ2n) is 4.69. The van der Waals surface area contributed by atoms with E-state index in [1.807, 2.05) is 0 Å². The average molecular weight is 392 g/mol. The maximum absolute atomic E-state index is 12.0. The fourth-order valence-corrected chi connectivity index (χ4v) is 2.97. The van der Waals surface area contributed by atoms with E-state index in [9.17, 15) is 13.5 Å².